The molecule has 0 saturated heterocycles. The standard InChI is InChI=1S/C12H8F2O2/c13-9-4-7-2-1-3-8(5-11(15)16)12(7)10(14)6-9/h1-4,6H,5H2,(H,15,16). The summed E-state index contributed by atoms with van der Waals surface area (Å²) in [5.41, 5.74) is 0.350. The molecule has 16 heavy (non-hydrogen) atoms. The number of hydrogen-bond acceptors (Lipinski definition) is 1. The third kappa shape index (κ3) is 1.86. The quantitative estimate of drug-likeness (QED) is 0.848. The van der Waals surface area contributed by atoms with Gasteiger partial charge in [-0.3, -0.25) is 4.79 Å². The van der Waals surface area contributed by atoms with E-state index in [1.807, 2.05) is 0 Å². The number of hydrogen-bond donors (Lipinski definition) is 1. The van der Waals surface area contributed by atoms with Crippen LogP contribution < -0.4 is 0 Å². The zero-order valence-electron chi connectivity index (χ0n) is 8.21. The van der Waals surface area contributed by atoms with Gasteiger partial charge in [-0.1, -0.05) is 18.2 Å². The molecular formula is C12H8F2O2. The third-order valence-corrected chi connectivity index (χ3v) is 2.32. The number of aliphatic carboxylic acids is 1. The number of benzene rings is 2. The minimum Gasteiger partial charge on any atom is -0.481 e. The number of carbonyl (C=O) groups is 1. The zero-order chi connectivity index (χ0) is 11.7. The maximum absolute atomic E-state index is 13.5. The third-order valence-electron chi connectivity index (χ3n) is 2.32. The highest BCUT2D eigenvalue weighted by Crippen LogP contribution is 2.23. The molecule has 0 aromatic heterocycles. The van der Waals surface area contributed by atoms with Crippen molar-refractivity contribution in [3.8, 4) is 0 Å². The van der Waals surface area contributed by atoms with Crippen LogP contribution in [0.3, 0.4) is 0 Å². The average molecular weight is 222 g/mol. The molecule has 0 aliphatic carbocycles. The minimum absolute atomic E-state index is 0.173. The van der Waals surface area contributed by atoms with Crippen molar-refractivity contribution in [2.24, 2.45) is 0 Å². The van der Waals surface area contributed by atoms with Gasteiger partial charge in [0.15, 0.2) is 0 Å². The molecule has 0 heterocycles. The van der Waals surface area contributed by atoms with Gasteiger partial charge in [-0.2, -0.15) is 0 Å². The van der Waals surface area contributed by atoms with E-state index in [9.17, 15) is 13.6 Å². The molecular weight excluding hydrogens is 214 g/mol. The normalized spacial score (nSPS) is 10.6. The van der Waals surface area contributed by atoms with Crippen molar-refractivity contribution in [1.29, 1.82) is 0 Å². The highest BCUT2D eigenvalue weighted by atomic mass is 19.1. The Hall–Kier alpha value is -1.97. The van der Waals surface area contributed by atoms with Gasteiger partial charge in [-0.15, -0.1) is 0 Å². The zero-order valence-corrected chi connectivity index (χ0v) is 8.21. The Kier molecular flexibility index (Phi) is 2.56. The van der Waals surface area contributed by atoms with Crippen LogP contribution in [-0.4, -0.2) is 11.1 Å². The van der Waals surface area contributed by atoms with Crippen molar-refractivity contribution in [3.63, 3.8) is 0 Å². The van der Waals surface area contributed by atoms with Gasteiger partial charge >= 0.3 is 5.97 Å². The van der Waals surface area contributed by atoms with Gasteiger partial charge in [-0.05, 0) is 17.0 Å². The summed E-state index contributed by atoms with van der Waals surface area (Å²) in [4.78, 5) is 10.6. The Balaban J connectivity index is 2.71. The number of carboxylic acids is 1. The molecule has 0 unspecified atom stereocenters. The molecule has 0 atom stereocenters. The number of rotatable bonds is 2. The van der Waals surface area contributed by atoms with Crippen LogP contribution >= 0.6 is 0 Å². The first kappa shape index (κ1) is 10.5. The summed E-state index contributed by atoms with van der Waals surface area (Å²) in [5, 5.41) is 9.22. The van der Waals surface area contributed by atoms with Crippen molar-refractivity contribution in [3.05, 3.63) is 47.5 Å². The van der Waals surface area contributed by atoms with E-state index in [0.717, 1.165) is 6.07 Å². The summed E-state index contributed by atoms with van der Waals surface area (Å²) < 4.78 is 26.5. The molecule has 2 rings (SSSR count). The van der Waals surface area contributed by atoms with E-state index in [0.29, 0.717) is 10.9 Å². The first-order valence-electron chi connectivity index (χ1n) is 4.66. The second kappa shape index (κ2) is 3.89. The summed E-state index contributed by atoms with van der Waals surface area (Å²) >= 11 is 0. The Labute approximate surface area is 90.1 Å². The number of fused-ring (bicyclic) bond motifs is 1. The van der Waals surface area contributed by atoms with Gasteiger partial charge in [0.2, 0.25) is 0 Å². The Morgan fingerprint density at radius 3 is 2.69 bits per heavy atom. The first-order valence-corrected chi connectivity index (χ1v) is 4.66. The van der Waals surface area contributed by atoms with Gasteiger partial charge in [-0.25, -0.2) is 8.78 Å². The Bertz CT molecular complexity index is 564. The molecule has 1 N–H and O–H groups in total. The molecule has 4 heteroatoms. The first-order chi connectivity index (χ1) is 7.58. The van der Waals surface area contributed by atoms with Crippen molar-refractivity contribution in [1.82, 2.24) is 0 Å². The van der Waals surface area contributed by atoms with Crippen LogP contribution in [0.25, 0.3) is 10.8 Å². The lowest BCUT2D eigenvalue weighted by atomic mass is 10.0. The van der Waals surface area contributed by atoms with Crippen LogP contribution in [0.5, 0.6) is 0 Å². The fourth-order valence-corrected chi connectivity index (χ4v) is 1.73. The average Bonchev–Trinajstić information content (AvgIpc) is 2.15. The second-order valence-electron chi connectivity index (χ2n) is 3.47. The predicted molar refractivity (Wildman–Crippen MR) is 55.2 cm³/mol. The summed E-state index contributed by atoms with van der Waals surface area (Å²) in [7, 11) is 0. The van der Waals surface area contributed by atoms with E-state index in [2.05, 4.69) is 0 Å². The van der Waals surface area contributed by atoms with Crippen LogP contribution in [0.4, 0.5) is 8.78 Å². The van der Waals surface area contributed by atoms with Crippen molar-refractivity contribution in [2.75, 3.05) is 0 Å². The van der Waals surface area contributed by atoms with Gasteiger partial charge in [0.05, 0.1) is 6.42 Å². The summed E-state index contributed by atoms with van der Waals surface area (Å²) in [6, 6.07) is 6.60. The van der Waals surface area contributed by atoms with Gasteiger partial charge < -0.3 is 5.11 Å². The lowest BCUT2D eigenvalue weighted by Crippen LogP contribution is -2.01. The molecule has 0 saturated carbocycles. The van der Waals surface area contributed by atoms with Crippen LogP contribution in [0, 0.1) is 11.6 Å². The van der Waals surface area contributed by atoms with E-state index in [1.54, 1.807) is 12.1 Å². The largest absolute Gasteiger partial charge is 0.481 e. The Morgan fingerprint density at radius 2 is 2.00 bits per heavy atom. The maximum Gasteiger partial charge on any atom is 0.307 e. The van der Waals surface area contributed by atoms with E-state index >= 15 is 0 Å². The minimum atomic E-state index is -1.05. The maximum atomic E-state index is 13.5. The fourth-order valence-electron chi connectivity index (χ4n) is 1.73. The number of halogens is 2. The molecule has 82 valence electrons. The highest BCUT2D eigenvalue weighted by molar-refractivity contribution is 5.89. The second-order valence-corrected chi connectivity index (χ2v) is 3.47. The predicted octanol–water partition coefficient (Wildman–Crippen LogP) is 2.75. The lowest BCUT2D eigenvalue weighted by Gasteiger charge is -2.05. The van der Waals surface area contributed by atoms with Crippen molar-refractivity contribution in [2.45, 2.75) is 6.42 Å². The van der Waals surface area contributed by atoms with Crippen LogP contribution in [0.15, 0.2) is 30.3 Å². The molecule has 0 fully saturated rings. The highest BCUT2D eigenvalue weighted by Gasteiger charge is 2.10. The molecule has 0 aliphatic heterocycles. The fraction of sp³-hybridized carbons (Fsp3) is 0.0833. The summed E-state index contributed by atoms with van der Waals surface area (Å²) in [5.74, 6) is -2.44. The summed E-state index contributed by atoms with van der Waals surface area (Å²) in [6.07, 6.45) is -0.278. The summed E-state index contributed by atoms with van der Waals surface area (Å²) in [6.45, 7) is 0. The SMILES string of the molecule is O=C(O)Cc1cccc2cc(F)cc(F)c12. The van der Waals surface area contributed by atoms with Gasteiger partial charge in [0.1, 0.15) is 11.6 Å². The van der Waals surface area contributed by atoms with Crippen LogP contribution in [0.2, 0.25) is 0 Å². The Morgan fingerprint density at radius 1 is 1.25 bits per heavy atom. The number of carboxylic acid groups (broad SMARTS) is 1. The van der Waals surface area contributed by atoms with Gasteiger partial charge in [0, 0.05) is 11.5 Å². The van der Waals surface area contributed by atoms with Gasteiger partial charge in [0.25, 0.3) is 0 Å². The molecule has 2 aromatic carbocycles. The van der Waals surface area contributed by atoms with Crippen molar-refractivity contribution < 1.29 is 18.7 Å². The van der Waals surface area contributed by atoms with E-state index in [-0.39, 0.29) is 11.8 Å². The van der Waals surface area contributed by atoms with Crippen molar-refractivity contribution >= 4 is 16.7 Å². The molecule has 0 bridgehead atoms. The molecule has 0 aliphatic rings. The smallest absolute Gasteiger partial charge is 0.307 e. The van der Waals surface area contributed by atoms with Crippen LogP contribution in [0.1, 0.15) is 5.56 Å². The van der Waals surface area contributed by atoms with E-state index in [1.165, 1.54) is 12.1 Å². The van der Waals surface area contributed by atoms with E-state index in [4.69, 9.17) is 5.11 Å². The molecule has 2 aromatic rings. The molecule has 0 radical (unpaired) electrons. The molecule has 2 nitrogen and oxygen atoms in total. The monoisotopic (exact) mass is 222 g/mol. The van der Waals surface area contributed by atoms with Crippen LogP contribution in [-0.2, 0) is 11.2 Å². The topological polar surface area (TPSA) is 37.3 Å². The van der Waals surface area contributed by atoms with E-state index < -0.39 is 17.6 Å². The molecule has 0 spiro atoms. The lowest BCUT2D eigenvalue weighted by molar-refractivity contribution is -0.136. The molecule has 0 amide bonds.